The highest BCUT2D eigenvalue weighted by atomic mass is 19.1. The second kappa shape index (κ2) is 5.76. The molecule has 1 saturated carbocycles. The van der Waals surface area contributed by atoms with Crippen LogP contribution in [0.2, 0.25) is 0 Å². The Kier molecular flexibility index (Phi) is 3.95. The van der Waals surface area contributed by atoms with E-state index in [9.17, 15) is 23.5 Å². The van der Waals surface area contributed by atoms with E-state index >= 15 is 0 Å². The summed E-state index contributed by atoms with van der Waals surface area (Å²) in [5, 5.41) is 10.1. The Balaban J connectivity index is 1.79. The summed E-state index contributed by atoms with van der Waals surface area (Å²) in [4.78, 5) is 25.6. The zero-order valence-corrected chi connectivity index (χ0v) is 12.0. The minimum atomic E-state index is -1.43. The molecule has 1 aliphatic carbocycles. The van der Waals surface area contributed by atoms with Crippen molar-refractivity contribution in [2.45, 2.75) is 31.8 Å². The highest BCUT2D eigenvalue weighted by Gasteiger charge is 2.48. The van der Waals surface area contributed by atoms with E-state index < -0.39 is 17.7 Å². The van der Waals surface area contributed by atoms with E-state index in [1.165, 1.54) is 0 Å². The first-order chi connectivity index (χ1) is 10.5. The number of aliphatic hydroxyl groups is 1. The van der Waals surface area contributed by atoms with Gasteiger partial charge in [-0.3, -0.25) is 14.5 Å². The predicted molar refractivity (Wildman–Crippen MR) is 73.5 cm³/mol. The van der Waals surface area contributed by atoms with Gasteiger partial charge in [0.05, 0.1) is 24.5 Å². The molecule has 4 nitrogen and oxygen atoms in total. The normalized spacial score (nSPS) is 26.2. The van der Waals surface area contributed by atoms with Gasteiger partial charge >= 0.3 is 0 Å². The highest BCUT2D eigenvalue weighted by molar-refractivity contribution is 6.05. The Bertz CT molecular complexity index is 595. The molecule has 2 aliphatic rings. The predicted octanol–water partition coefficient (Wildman–Crippen LogP) is 2.17. The van der Waals surface area contributed by atoms with Crippen LogP contribution < -0.4 is 0 Å². The molecule has 0 bridgehead atoms. The van der Waals surface area contributed by atoms with E-state index in [1.54, 1.807) is 0 Å². The molecule has 1 aromatic carbocycles. The van der Waals surface area contributed by atoms with Gasteiger partial charge in [0, 0.05) is 5.56 Å². The van der Waals surface area contributed by atoms with Crippen molar-refractivity contribution < 1.29 is 23.5 Å². The van der Waals surface area contributed by atoms with E-state index in [-0.39, 0.29) is 35.8 Å². The van der Waals surface area contributed by atoms with Gasteiger partial charge in [-0.2, -0.15) is 0 Å². The number of carbonyl (C=O) groups is 2. The summed E-state index contributed by atoms with van der Waals surface area (Å²) in [6.07, 6.45) is 1.75. The number of hydrogen-bond acceptors (Lipinski definition) is 3. The number of rotatable bonds is 3. The summed E-state index contributed by atoms with van der Waals surface area (Å²) in [5.41, 5.74) is -0.240. The van der Waals surface area contributed by atoms with Crippen molar-refractivity contribution in [3.8, 4) is 0 Å². The lowest BCUT2D eigenvalue weighted by Gasteiger charge is -2.19. The summed E-state index contributed by atoms with van der Waals surface area (Å²) < 4.78 is 26.9. The standard InChI is InChI=1S/C16H17F2NO3/c17-9-5-6-13(18)12(7-9)14(20)8-19-15(21)10-3-1-2-4-11(10)16(19)22/h5-7,10-11,14,20H,1-4,8H2. The molecule has 2 fully saturated rings. The second-order valence-electron chi connectivity index (χ2n) is 5.97. The summed E-state index contributed by atoms with van der Waals surface area (Å²) >= 11 is 0. The lowest BCUT2D eigenvalue weighted by Crippen LogP contribution is -2.35. The topological polar surface area (TPSA) is 57.6 Å². The fourth-order valence-corrected chi connectivity index (χ4v) is 3.45. The van der Waals surface area contributed by atoms with Crippen LogP contribution in [0, 0.1) is 23.5 Å². The summed E-state index contributed by atoms with van der Waals surface area (Å²) in [5.74, 6) is -2.67. The molecule has 1 aromatic rings. The summed E-state index contributed by atoms with van der Waals surface area (Å²) in [6, 6.07) is 2.76. The largest absolute Gasteiger partial charge is 0.386 e. The van der Waals surface area contributed by atoms with Crippen LogP contribution in [0.3, 0.4) is 0 Å². The van der Waals surface area contributed by atoms with Gasteiger partial charge in [0.2, 0.25) is 11.8 Å². The minimum absolute atomic E-state index is 0.240. The maximum atomic E-state index is 13.7. The van der Waals surface area contributed by atoms with Crippen molar-refractivity contribution in [3.05, 3.63) is 35.4 Å². The monoisotopic (exact) mass is 309 g/mol. The molecule has 3 atom stereocenters. The Labute approximate surface area is 126 Å². The minimum Gasteiger partial charge on any atom is -0.386 e. The molecule has 6 heteroatoms. The Morgan fingerprint density at radius 3 is 2.32 bits per heavy atom. The van der Waals surface area contributed by atoms with Gasteiger partial charge in [0.25, 0.3) is 0 Å². The number of benzene rings is 1. The van der Waals surface area contributed by atoms with Crippen LogP contribution in [0.25, 0.3) is 0 Å². The van der Waals surface area contributed by atoms with E-state index in [0.29, 0.717) is 12.8 Å². The SMILES string of the molecule is O=C1C2CCCCC2C(=O)N1CC(O)c1cc(F)ccc1F. The van der Waals surface area contributed by atoms with E-state index in [2.05, 4.69) is 0 Å². The number of halogens is 2. The fraction of sp³-hybridized carbons (Fsp3) is 0.500. The van der Waals surface area contributed by atoms with Crippen LogP contribution in [-0.2, 0) is 9.59 Å². The number of nitrogens with zero attached hydrogens (tertiary/aromatic N) is 1. The molecule has 0 spiro atoms. The molecule has 118 valence electrons. The molecule has 1 aliphatic heterocycles. The molecule has 2 amide bonds. The lowest BCUT2D eigenvalue weighted by atomic mass is 9.81. The van der Waals surface area contributed by atoms with Gasteiger partial charge < -0.3 is 5.11 Å². The first kappa shape index (κ1) is 15.1. The quantitative estimate of drug-likeness (QED) is 0.871. The van der Waals surface area contributed by atoms with Crippen molar-refractivity contribution in [2.75, 3.05) is 6.54 Å². The number of amides is 2. The third kappa shape index (κ3) is 2.52. The van der Waals surface area contributed by atoms with Crippen molar-refractivity contribution in [1.29, 1.82) is 0 Å². The third-order valence-corrected chi connectivity index (χ3v) is 4.60. The Morgan fingerprint density at radius 1 is 1.14 bits per heavy atom. The molecule has 0 radical (unpaired) electrons. The molecule has 1 N–H and O–H groups in total. The lowest BCUT2D eigenvalue weighted by molar-refractivity contribution is -0.141. The van der Waals surface area contributed by atoms with Crippen molar-refractivity contribution in [2.24, 2.45) is 11.8 Å². The van der Waals surface area contributed by atoms with Crippen LogP contribution in [0.15, 0.2) is 18.2 Å². The molecule has 1 saturated heterocycles. The van der Waals surface area contributed by atoms with Crippen molar-refractivity contribution in [3.63, 3.8) is 0 Å². The van der Waals surface area contributed by atoms with Gasteiger partial charge in [-0.25, -0.2) is 8.78 Å². The van der Waals surface area contributed by atoms with E-state index in [4.69, 9.17) is 0 Å². The van der Waals surface area contributed by atoms with Crippen LogP contribution in [0.1, 0.15) is 37.4 Å². The third-order valence-electron chi connectivity index (χ3n) is 4.60. The van der Waals surface area contributed by atoms with Crippen molar-refractivity contribution >= 4 is 11.8 Å². The molecule has 22 heavy (non-hydrogen) atoms. The number of carbonyl (C=O) groups excluding carboxylic acids is 2. The average molecular weight is 309 g/mol. The molecular formula is C16H17F2NO3. The molecular weight excluding hydrogens is 292 g/mol. The van der Waals surface area contributed by atoms with Crippen LogP contribution >= 0.6 is 0 Å². The maximum absolute atomic E-state index is 13.7. The summed E-state index contributed by atoms with van der Waals surface area (Å²) in [7, 11) is 0. The number of imide groups is 1. The van der Waals surface area contributed by atoms with Gasteiger partial charge in [-0.05, 0) is 31.0 Å². The van der Waals surface area contributed by atoms with Crippen molar-refractivity contribution in [1.82, 2.24) is 4.90 Å². The Morgan fingerprint density at radius 2 is 1.73 bits per heavy atom. The zero-order valence-electron chi connectivity index (χ0n) is 12.0. The second-order valence-corrected chi connectivity index (χ2v) is 5.97. The van der Waals surface area contributed by atoms with Gasteiger partial charge in [0.1, 0.15) is 11.6 Å². The first-order valence-electron chi connectivity index (χ1n) is 7.47. The number of fused-ring (bicyclic) bond motifs is 1. The van der Waals surface area contributed by atoms with Gasteiger partial charge in [0.15, 0.2) is 0 Å². The number of hydrogen-bond donors (Lipinski definition) is 1. The molecule has 3 unspecified atom stereocenters. The zero-order chi connectivity index (χ0) is 15.9. The molecule has 0 aromatic heterocycles. The van der Waals surface area contributed by atoms with Gasteiger partial charge in [-0.15, -0.1) is 0 Å². The molecule has 3 rings (SSSR count). The van der Waals surface area contributed by atoms with E-state index in [1.807, 2.05) is 0 Å². The number of aliphatic hydroxyl groups excluding tert-OH is 1. The van der Waals surface area contributed by atoms with E-state index in [0.717, 1.165) is 35.9 Å². The van der Waals surface area contributed by atoms with Crippen LogP contribution in [0.5, 0.6) is 0 Å². The number of likely N-dealkylation sites (tertiary alicyclic amines) is 1. The Hall–Kier alpha value is -1.82. The number of β-amino-alcohol motifs (C(OH)–C–C–N with tert-alkyl or cyclic N) is 1. The smallest absolute Gasteiger partial charge is 0.233 e. The van der Waals surface area contributed by atoms with Gasteiger partial charge in [-0.1, -0.05) is 12.8 Å². The first-order valence-corrected chi connectivity index (χ1v) is 7.47. The van der Waals surface area contributed by atoms with Crippen LogP contribution in [0.4, 0.5) is 8.78 Å². The average Bonchev–Trinajstić information content (AvgIpc) is 2.75. The summed E-state index contributed by atoms with van der Waals surface area (Å²) in [6.45, 7) is -0.328. The molecule has 1 heterocycles. The van der Waals surface area contributed by atoms with Crippen LogP contribution in [-0.4, -0.2) is 28.4 Å². The highest BCUT2D eigenvalue weighted by Crippen LogP contribution is 2.38. The maximum Gasteiger partial charge on any atom is 0.233 e. The fourth-order valence-electron chi connectivity index (χ4n) is 3.45.